The maximum absolute atomic E-state index is 12.2. The van der Waals surface area contributed by atoms with E-state index in [1.165, 1.54) is 0 Å². The van der Waals surface area contributed by atoms with Crippen LogP contribution in [0.1, 0.15) is 12.8 Å². The molecule has 1 aliphatic rings. The molecule has 1 atom stereocenters. The van der Waals surface area contributed by atoms with Gasteiger partial charge in [-0.05, 0) is 6.42 Å². The Morgan fingerprint density at radius 3 is 2.50 bits per heavy atom. The summed E-state index contributed by atoms with van der Waals surface area (Å²) in [6, 6.07) is 0. The van der Waals surface area contributed by atoms with Gasteiger partial charge in [-0.3, -0.25) is 4.79 Å². The molecule has 0 bridgehead atoms. The summed E-state index contributed by atoms with van der Waals surface area (Å²) in [5.41, 5.74) is 0. The third-order valence-corrected chi connectivity index (χ3v) is 2.10. The average Bonchev–Trinajstić information content (AvgIpc) is 2.02. The number of piperidine rings is 1. The fourth-order valence-corrected chi connectivity index (χ4v) is 1.30. The van der Waals surface area contributed by atoms with Crippen LogP contribution in [0.3, 0.4) is 0 Å². The Morgan fingerprint density at radius 2 is 2.07 bits per heavy atom. The SMILES string of the molecule is O=C(O)N1C[C@H](C(F)(F)F)CCC1=O. The topological polar surface area (TPSA) is 57.6 Å². The van der Waals surface area contributed by atoms with Gasteiger partial charge >= 0.3 is 12.3 Å². The molecule has 1 fully saturated rings. The third-order valence-electron chi connectivity index (χ3n) is 2.10. The molecule has 1 heterocycles. The summed E-state index contributed by atoms with van der Waals surface area (Å²) in [5.74, 6) is -2.49. The minimum Gasteiger partial charge on any atom is -0.465 e. The molecule has 1 saturated heterocycles. The van der Waals surface area contributed by atoms with Gasteiger partial charge in [-0.25, -0.2) is 9.69 Å². The van der Waals surface area contributed by atoms with E-state index >= 15 is 0 Å². The molecule has 0 aromatic rings. The fraction of sp³-hybridized carbons (Fsp3) is 0.714. The fourth-order valence-electron chi connectivity index (χ4n) is 1.30. The maximum atomic E-state index is 12.2. The van der Waals surface area contributed by atoms with Crippen molar-refractivity contribution in [3.63, 3.8) is 0 Å². The Bertz CT molecular complexity index is 263. The van der Waals surface area contributed by atoms with Crippen LogP contribution in [0.15, 0.2) is 0 Å². The molecule has 0 aromatic carbocycles. The number of carboxylic acid groups (broad SMARTS) is 1. The standard InChI is InChI=1S/C7H8F3NO3/c8-7(9,10)4-1-2-5(12)11(3-4)6(13)14/h4H,1-3H2,(H,13,14)/t4-/m1/s1. The van der Waals surface area contributed by atoms with Crippen molar-refractivity contribution < 1.29 is 27.9 Å². The number of imide groups is 1. The molecule has 1 N–H and O–H groups in total. The lowest BCUT2D eigenvalue weighted by molar-refractivity contribution is -0.186. The van der Waals surface area contributed by atoms with E-state index in [4.69, 9.17) is 5.11 Å². The highest BCUT2D eigenvalue weighted by atomic mass is 19.4. The highest BCUT2D eigenvalue weighted by molar-refractivity contribution is 5.91. The summed E-state index contributed by atoms with van der Waals surface area (Å²) in [6.07, 6.45) is -6.75. The molecule has 0 aromatic heterocycles. The van der Waals surface area contributed by atoms with Gasteiger partial charge in [0, 0.05) is 13.0 Å². The van der Waals surface area contributed by atoms with Crippen molar-refractivity contribution in [3.8, 4) is 0 Å². The van der Waals surface area contributed by atoms with Gasteiger partial charge in [-0.1, -0.05) is 0 Å². The van der Waals surface area contributed by atoms with Gasteiger partial charge < -0.3 is 5.11 Å². The molecule has 14 heavy (non-hydrogen) atoms. The van der Waals surface area contributed by atoms with Crippen molar-refractivity contribution >= 4 is 12.0 Å². The normalized spacial score (nSPS) is 23.8. The smallest absolute Gasteiger partial charge is 0.414 e. The number of carbonyl (C=O) groups excluding carboxylic acids is 1. The quantitative estimate of drug-likeness (QED) is 0.659. The molecule has 0 unspecified atom stereocenters. The van der Waals surface area contributed by atoms with E-state index in [0.29, 0.717) is 0 Å². The Balaban J connectivity index is 2.72. The minimum atomic E-state index is -4.44. The lowest BCUT2D eigenvalue weighted by atomic mass is 9.97. The maximum Gasteiger partial charge on any atom is 0.414 e. The number of hydrogen-bond acceptors (Lipinski definition) is 2. The number of alkyl halides is 3. The predicted octanol–water partition coefficient (Wildman–Crippen LogP) is 1.47. The first-order valence-corrected chi connectivity index (χ1v) is 3.92. The number of carbonyl (C=O) groups is 2. The highest BCUT2D eigenvalue weighted by Gasteiger charge is 2.45. The monoisotopic (exact) mass is 211 g/mol. The Labute approximate surface area is 77.3 Å². The molecule has 0 radical (unpaired) electrons. The van der Waals surface area contributed by atoms with Gasteiger partial charge in [-0.15, -0.1) is 0 Å². The van der Waals surface area contributed by atoms with E-state index in [1.54, 1.807) is 0 Å². The van der Waals surface area contributed by atoms with E-state index in [-0.39, 0.29) is 17.7 Å². The summed E-state index contributed by atoms with van der Waals surface area (Å²) in [5, 5.41) is 8.43. The number of amides is 2. The molecular formula is C7H8F3NO3. The first-order chi connectivity index (χ1) is 6.32. The number of halogens is 3. The largest absolute Gasteiger partial charge is 0.465 e. The summed E-state index contributed by atoms with van der Waals surface area (Å²) in [4.78, 5) is 21.5. The van der Waals surface area contributed by atoms with Gasteiger partial charge in [0.1, 0.15) is 0 Å². The lowest BCUT2D eigenvalue weighted by Gasteiger charge is -2.30. The average molecular weight is 211 g/mol. The zero-order chi connectivity index (χ0) is 10.9. The zero-order valence-corrected chi connectivity index (χ0v) is 7.04. The second-order valence-corrected chi connectivity index (χ2v) is 3.06. The summed E-state index contributed by atoms with van der Waals surface area (Å²) < 4.78 is 36.5. The number of hydrogen-bond donors (Lipinski definition) is 1. The van der Waals surface area contributed by atoms with Crippen molar-refractivity contribution in [2.24, 2.45) is 5.92 Å². The van der Waals surface area contributed by atoms with Crippen molar-refractivity contribution in [2.75, 3.05) is 6.54 Å². The Kier molecular flexibility index (Phi) is 2.68. The van der Waals surface area contributed by atoms with Gasteiger partial charge in [-0.2, -0.15) is 13.2 Å². The van der Waals surface area contributed by atoms with Crippen LogP contribution in [-0.4, -0.2) is 34.7 Å². The summed E-state index contributed by atoms with van der Waals surface area (Å²) in [7, 11) is 0. The van der Waals surface area contributed by atoms with Crippen LogP contribution >= 0.6 is 0 Å². The van der Waals surface area contributed by atoms with Gasteiger partial charge in [0.15, 0.2) is 0 Å². The highest BCUT2D eigenvalue weighted by Crippen LogP contribution is 2.33. The Hall–Kier alpha value is -1.27. The predicted molar refractivity (Wildman–Crippen MR) is 38.5 cm³/mol. The number of nitrogens with zero attached hydrogens (tertiary/aromatic N) is 1. The van der Waals surface area contributed by atoms with E-state index in [1.807, 2.05) is 0 Å². The van der Waals surface area contributed by atoms with E-state index in [9.17, 15) is 22.8 Å². The zero-order valence-electron chi connectivity index (χ0n) is 7.04. The van der Waals surface area contributed by atoms with E-state index in [2.05, 4.69) is 0 Å². The van der Waals surface area contributed by atoms with Crippen molar-refractivity contribution in [3.05, 3.63) is 0 Å². The van der Waals surface area contributed by atoms with Crippen LogP contribution in [0.25, 0.3) is 0 Å². The van der Waals surface area contributed by atoms with Crippen LogP contribution in [0.2, 0.25) is 0 Å². The third kappa shape index (κ3) is 2.15. The first kappa shape index (κ1) is 10.8. The van der Waals surface area contributed by atoms with Crippen molar-refractivity contribution in [1.29, 1.82) is 0 Å². The molecule has 80 valence electrons. The molecule has 0 saturated carbocycles. The van der Waals surface area contributed by atoms with Gasteiger partial charge in [0.05, 0.1) is 5.92 Å². The van der Waals surface area contributed by atoms with Gasteiger partial charge in [0.25, 0.3) is 0 Å². The van der Waals surface area contributed by atoms with Crippen LogP contribution in [0.5, 0.6) is 0 Å². The van der Waals surface area contributed by atoms with Crippen LogP contribution in [-0.2, 0) is 4.79 Å². The molecular weight excluding hydrogens is 203 g/mol. The van der Waals surface area contributed by atoms with E-state index < -0.39 is 30.6 Å². The molecule has 7 heteroatoms. The van der Waals surface area contributed by atoms with E-state index in [0.717, 1.165) is 0 Å². The second kappa shape index (κ2) is 3.47. The van der Waals surface area contributed by atoms with Gasteiger partial charge in [0.2, 0.25) is 5.91 Å². The Morgan fingerprint density at radius 1 is 1.50 bits per heavy atom. The first-order valence-electron chi connectivity index (χ1n) is 3.92. The molecule has 2 amide bonds. The second-order valence-electron chi connectivity index (χ2n) is 3.06. The van der Waals surface area contributed by atoms with Crippen LogP contribution < -0.4 is 0 Å². The molecule has 4 nitrogen and oxygen atoms in total. The van der Waals surface area contributed by atoms with Crippen LogP contribution in [0.4, 0.5) is 18.0 Å². The minimum absolute atomic E-state index is 0.224. The molecule has 1 rings (SSSR count). The summed E-state index contributed by atoms with van der Waals surface area (Å²) in [6.45, 7) is -0.780. The van der Waals surface area contributed by atoms with Crippen molar-refractivity contribution in [1.82, 2.24) is 4.90 Å². The number of likely N-dealkylation sites (tertiary alicyclic amines) is 1. The summed E-state index contributed by atoms with van der Waals surface area (Å²) >= 11 is 0. The van der Waals surface area contributed by atoms with Crippen molar-refractivity contribution in [2.45, 2.75) is 19.0 Å². The lowest BCUT2D eigenvalue weighted by Crippen LogP contribution is -2.47. The van der Waals surface area contributed by atoms with Crippen LogP contribution in [0, 0.1) is 5.92 Å². The number of rotatable bonds is 0. The molecule has 0 aliphatic carbocycles. The molecule has 1 aliphatic heterocycles. The molecule has 0 spiro atoms.